The summed E-state index contributed by atoms with van der Waals surface area (Å²) in [6.07, 6.45) is 0. The van der Waals surface area contributed by atoms with Crippen LogP contribution < -0.4 is 5.73 Å². The lowest BCUT2D eigenvalue weighted by Crippen LogP contribution is -2.51. The van der Waals surface area contributed by atoms with E-state index in [9.17, 15) is 8.42 Å². The van der Waals surface area contributed by atoms with Gasteiger partial charge in [0, 0.05) is 18.6 Å². The van der Waals surface area contributed by atoms with Crippen molar-refractivity contribution in [1.82, 2.24) is 4.90 Å². The van der Waals surface area contributed by atoms with Gasteiger partial charge >= 0.3 is 0 Å². The van der Waals surface area contributed by atoms with Gasteiger partial charge in [-0.1, -0.05) is 6.92 Å². The summed E-state index contributed by atoms with van der Waals surface area (Å²) < 4.78 is 23.4. The van der Waals surface area contributed by atoms with Gasteiger partial charge in [-0.05, 0) is 41.2 Å². The Bertz CT molecular complexity index is 329. The molecular weight excluding hydrogens is 236 g/mol. The van der Waals surface area contributed by atoms with E-state index in [0.29, 0.717) is 13.1 Å². The van der Waals surface area contributed by atoms with Crippen LogP contribution >= 0.6 is 0 Å². The Morgan fingerprint density at radius 2 is 1.59 bits per heavy atom. The number of sulfone groups is 1. The first-order valence-electron chi connectivity index (χ1n) is 6.15. The van der Waals surface area contributed by atoms with Gasteiger partial charge in [0.25, 0.3) is 0 Å². The van der Waals surface area contributed by atoms with E-state index in [0.717, 1.165) is 6.54 Å². The van der Waals surface area contributed by atoms with E-state index < -0.39 is 14.6 Å². The predicted octanol–water partition coefficient (Wildman–Crippen LogP) is 1.26. The zero-order valence-corrected chi connectivity index (χ0v) is 12.9. The van der Waals surface area contributed by atoms with E-state index >= 15 is 0 Å². The summed E-state index contributed by atoms with van der Waals surface area (Å²) in [6.45, 7) is 13.2. The molecule has 0 aromatic rings. The maximum Gasteiger partial charge on any atom is 0.156 e. The molecule has 0 rings (SSSR count). The quantitative estimate of drug-likeness (QED) is 0.784. The normalized spacial score (nSPS) is 14.4. The average Bonchev–Trinajstić information content (AvgIpc) is 2.16. The van der Waals surface area contributed by atoms with E-state index in [2.05, 4.69) is 4.90 Å². The Balaban J connectivity index is 4.67. The SMILES string of the molecule is CCN(CCS(=O)(=O)C(C)(C)C)C(C)(C)CN. The molecule has 0 aliphatic heterocycles. The lowest BCUT2D eigenvalue weighted by atomic mass is 10.0. The zero-order chi connectivity index (χ0) is 13.9. The predicted molar refractivity (Wildman–Crippen MR) is 73.9 cm³/mol. The maximum absolute atomic E-state index is 12.0. The third-order valence-corrected chi connectivity index (χ3v) is 5.89. The number of likely N-dealkylation sites (N-methyl/N-ethyl adjacent to an activating group) is 1. The van der Waals surface area contributed by atoms with Crippen molar-refractivity contribution in [3.8, 4) is 0 Å². The van der Waals surface area contributed by atoms with E-state index in [-0.39, 0.29) is 11.3 Å². The summed E-state index contributed by atoms with van der Waals surface area (Å²) in [7, 11) is -3.05. The van der Waals surface area contributed by atoms with Crippen LogP contribution in [0.5, 0.6) is 0 Å². The molecule has 0 amide bonds. The van der Waals surface area contributed by atoms with Gasteiger partial charge in [-0.2, -0.15) is 0 Å². The highest BCUT2D eigenvalue weighted by atomic mass is 32.2. The van der Waals surface area contributed by atoms with E-state index in [1.165, 1.54) is 0 Å². The highest BCUT2D eigenvalue weighted by Gasteiger charge is 2.31. The topological polar surface area (TPSA) is 63.4 Å². The van der Waals surface area contributed by atoms with Crippen LogP contribution in [0.4, 0.5) is 0 Å². The van der Waals surface area contributed by atoms with Crippen LogP contribution in [-0.4, -0.2) is 49.0 Å². The van der Waals surface area contributed by atoms with Crippen molar-refractivity contribution in [3.05, 3.63) is 0 Å². The Hall–Kier alpha value is -0.130. The second kappa shape index (κ2) is 5.67. The molecule has 0 aliphatic carbocycles. The fraction of sp³-hybridized carbons (Fsp3) is 1.00. The van der Waals surface area contributed by atoms with Crippen molar-refractivity contribution >= 4 is 9.84 Å². The van der Waals surface area contributed by atoms with Gasteiger partial charge in [-0.3, -0.25) is 4.90 Å². The summed E-state index contributed by atoms with van der Waals surface area (Å²) in [4.78, 5) is 2.12. The van der Waals surface area contributed by atoms with Crippen LogP contribution in [0.1, 0.15) is 41.5 Å². The van der Waals surface area contributed by atoms with Crippen LogP contribution in [0.3, 0.4) is 0 Å². The fourth-order valence-corrected chi connectivity index (χ4v) is 2.63. The Morgan fingerprint density at radius 1 is 1.12 bits per heavy atom. The Labute approximate surface area is 106 Å². The van der Waals surface area contributed by atoms with Gasteiger partial charge in [0.15, 0.2) is 9.84 Å². The van der Waals surface area contributed by atoms with Gasteiger partial charge in [0.2, 0.25) is 0 Å². The molecule has 0 fully saturated rings. The number of nitrogens with two attached hydrogens (primary N) is 1. The van der Waals surface area contributed by atoms with Crippen LogP contribution in [-0.2, 0) is 9.84 Å². The number of hydrogen-bond acceptors (Lipinski definition) is 4. The van der Waals surface area contributed by atoms with Crippen LogP contribution in [0.2, 0.25) is 0 Å². The lowest BCUT2D eigenvalue weighted by Gasteiger charge is -2.37. The molecule has 0 aliphatic rings. The third kappa shape index (κ3) is 4.56. The highest BCUT2D eigenvalue weighted by Crippen LogP contribution is 2.18. The van der Waals surface area contributed by atoms with Crippen molar-refractivity contribution in [1.29, 1.82) is 0 Å². The summed E-state index contributed by atoms with van der Waals surface area (Å²) in [5.74, 6) is 0.188. The van der Waals surface area contributed by atoms with Crippen LogP contribution in [0.15, 0.2) is 0 Å². The first-order chi connectivity index (χ1) is 7.48. The zero-order valence-electron chi connectivity index (χ0n) is 12.1. The van der Waals surface area contributed by atoms with Crippen molar-refractivity contribution in [2.24, 2.45) is 5.73 Å². The second-order valence-electron chi connectivity index (χ2n) is 6.03. The summed E-state index contributed by atoms with van der Waals surface area (Å²) >= 11 is 0. The molecule has 0 unspecified atom stereocenters. The van der Waals surface area contributed by atoms with Gasteiger partial charge in [-0.25, -0.2) is 8.42 Å². The molecule has 2 N–H and O–H groups in total. The molecule has 5 heteroatoms. The van der Waals surface area contributed by atoms with E-state index in [4.69, 9.17) is 5.73 Å². The lowest BCUT2D eigenvalue weighted by molar-refractivity contribution is 0.143. The van der Waals surface area contributed by atoms with Gasteiger partial charge in [0.05, 0.1) is 10.5 Å². The molecule has 0 aromatic heterocycles. The molecule has 0 atom stereocenters. The summed E-state index contributed by atoms with van der Waals surface area (Å²) in [5, 5.41) is 0. The highest BCUT2D eigenvalue weighted by molar-refractivity contribution is 7.92. The molecule has 0 radical (unpaired) electrons. The fourth-order valence-electron chi connectivity index (χ4n) is 1.55. The third-order valence-electron chi connectivity index (χ3n) is 3.30. The molecule has 17 heavy (non-hydrogen) atoms. The Morgan fingerprint density at radius 3 is 1.88 bits per heavy atom. The first-order valence-corrected chi connectivity index (χ1v) is 7.80. The maximum atomic E-state index is 12.0. The van der Waals surface area contributed by atoms with Crippen molar-refractivity contribution in [2.45, 2.75) is 51.8 Å². The molecule has 0 aromatic carbocycles. The van der Waals surface area contributed by atoms with Crippen molar-refractivity contribution in [2.75, 3.05) is 25.4 Å². The van der Waals surface area contributed by atoms with Gasteiger partial charge < -0.3 is 5.73 Å². The minimum Gasteiger partial charge on any atom is -0.329 e. The van der Waals surface area contributed by atoms with Crippen molar-refractivity contribution < 1.29 is 8.42 Å². The van der Waals surface area contributed by atoms with E-state index in [1.54, 1.807) is 20.8 Å². The minimum absolute atomic E-state index is 0.151. The molecule has 104 valence electrons. The Kier molecular flexibility index (Phi) is 5.63. The van der Waals surface area contributed by atoms with Crippen LogP contribution in [0.25, 0.3) is 0 Å². The van der Waals surface area contributed by atoms with Crippen LogP contribution in [0, 0.1) is 0 Å². The van der Waals surface area contributed by atoms with Gasteiger partial charge in [-0.15, -0.1) is 0 Å². The largest absolute Gasteiger partial charge is 0.329 e. The molecule has 0 saturated carbocycles. The molecule has 4 nitrogen and oxygen atoms in total. The molecule has 0 bridgehead atoms. The number of rotatable bonds is 6. The smallest absolute Gasteiger partial charge is 0.156 e. The number of hydrogen-bond donors (Lipinski definition) is 1. The van der Waals surface area contributed by atoms with Crippen molar-refractivity contribution in [3.63, 3.8) is 0 Å². The molecule has 0 spiro atoms. The summed E-state index contributed by atoms with van der Waals surface area (Å²) in [5.41, 5.74) is 5.57. The summed E-state index contributed by atoms with van der Waals surface area (Å²) in [6, 6.07) is 0. The van der Waals surface area contributed by atoms with Gasteiger partial charge in [0.1, 0.15) is 0 Å². The first kappa shape index (κ1) is 16.9. The van der Waals surface area contributed by atoms with E-state index in [1.807, 2.05) is 20.8 Å². The average molecular weight is 264 g/mol. The number of nitrogens with zero attached hydrogens (tertiary/aromatic N) is 1. The molecule has 0 heterocycles. The second-order valence-corrected chi connectivity index (χ2v) is 8.89. The standard InChI is InChI=1S/C12H28N2O2S/c1-7-14(12(5,6)10-13)8-9-17(15,16)11(2,3)4/h7-10,13H2,1-6H3. The molecular formula is C12H28N2O2S. The molecule has 0 saturated heterocycles. The minimum atomic E-state index is -3.05. The monoisotopic (exact) mass is 264 g/mol.